The molecule has 0 amide bonds. The van der Waals surface area contributed by atoms with Crippen LogP contribution in [0.4, 0.5) is 0 Å². The zero-order valence-corrected chi connectivity index (χ0v) is 12.8. The summed E-state index contributed by atoms with van der Waals surface area (Å²) in [6.45, 7) is 9.15. The molecular formula is C15H24ClNO2. The maximum Gasteiger partial charge on any atom is 0.123 e. The molecule has 0 aromatic heterocycles. The van der Waals surface area contributed by atoms with Gasteiger partial charge in [0.1, 0.15) is 5.75 Å². The molecule has 0 atom stereocenters. The van der Waals surface area contributed by atoms with E-state index >= 15 is 0 Å². The molecule has 0 bridgehead atoms. The quantitative estimate of drug-likeness (QED) is 0.703. The standard InChI is InChI=1S/C15H24ClNO2/c1-4-18-8-5-9-19-15-7-6-14(16)10-13(15)11-17-12(2)3/h6-7,10,12,17H,4-5,8-9,11H2,1-3H3. The van der Waals surface area contributed by atoms with Crippen LogP contribution in [0.3, 0.4) is 0 Å². The van der Waals surface area contributed by atoms with Crippen LogP contribution in [0.2, 0.25) is 5.02 Å². The van der Waals surface area contributed by atoms with Crippen molar-refractivity contribution in [3.8, 4) is 5.75 Å². The third-order valence-electron chi connectivity index (χ3n) is 2.62. The Morgan fingerprint density at radius 1 is 1.26 bits per heavy atom. The van der Waals surface area contributed by atoms with Crippen LogP contribution < -0.4 is 10.1 Å². The van der Waals surface area contributed by atoms with Crippen LogP contribution in [-0.4, -0.2) is 25.9 Å². The molecule has 0 saturated heterocycles. The summed E-state index contributed by atoms with van der Waals surface area (Å²) in [5.41, 5.74) is 1.10. The molecule has 0 heterocycles. The van der Waals surface area contributed by atoms with Crippen LogP contribution >= 0.6 is 11.6 Å². The summed E-state index contributed by atoms with van der Waals surface area (Å²) in [5, 5.41) is 4.11. The summed E-state index contributed by atoms with van der Waals surface area (Å²) in [4.78, 5) is 0. The van der Waals surface area contributed by atoms with E-state index in [2.05, 4.69) is 19.2 Å². The maximum atomic E-state index is 6.03. The molecule has 19 heavy (non-hydrogen) atoms. The molecule has 1 aromatic carbocycles. The molecular weight excluding hydrogens is 262 g/mol. The van der Waals surface area contributed by atoms with Crippen LogP contribution in [0.1, 0.15) is 32.8 Å². The third-order valence-corrected chi connectivity index (χ3v) is 2.85. The Bertz CT molecular complexity index is 369. The third kappa shape index (κ3) is 6.81. The fraction of sp³-hybridized carbons (Fsp3) is 0.600. The van der Waals surface area contributed by atoms with E-state index < -0.39 is 0 Å². The average Bonchev–Trinajstić information content (AvgIpc) is 2.38. The van der Waals surface area contributed by atoms with Crippen molar-refractivity contribution < 1.29 is 9.47 Å². The molecule has 3 nitrogen and oxygen atoms in total. The van der Waals surface area contributed by atoms with Gasteiger partial charge in [0, 0.05) is 42.8 Å². The van der Waals surface area contributed by atoms with E-state index in [0.717, 1.165) is 42.5 Å². The molecule has 1 aromatic rings. The second kappa shape index (κ2) is 9.18. The van der Waals surface area contributed by atoms with Crippen molar-refractivity contribution in [1.82, 2.24) is 5.32 Å². The highest BCUT2D eigenvalue weighted by atomic mass is 35.5. The summed E-state index contributed by atoms with van der Waals surface area (Å²) in [5.74, 6) is 0.897. The van der Waals surface area contributed by atoms with Gasteiger partial charge in [-0.1, -0.05) is 25.4 Å². The van der Waals surface area contributed by atoms with Gasteiger partial charge in [-0.05, 0) is 25.1 Å². The van der Waals surface area contributed by atoms with E-state index in [-0.39, 0.29) is 0 Å². The first-order valence-electron chi connectivity index (χ1n) is 6.85. The highest BCUT2D eigenvalue weighted by Gasteiger charge is 2.05. The summed E-state index contributed by atoms with van der Waals surface area (Å²) < 4.78 is 11.1. The van der Waals surface area contributed by atoms with Crippen molar-refractivity contribution in [3.05, 3.63) is 28.8 Å². The van der Waals surface area contributed by atoms with E-state index in [9.17, 15) is 0 Å². The maximum absolute atomic E-state index is 6.03. The lowest BCUT2D eigenvalue weighted by molar-refractivity contribution is 0.130. The van der Waals surface area contributed by atoms with Gasteiger partial charge in [-0.15, -0.1) is 0 Å². The SMILES string of the molecule is CCOCCCOc1ccc(Cl)cc1CNC(C)C. The summed E-state index contributed by atoms with van der Waals surface area (Å²) >= 11 is 6.03. The topological polar surface area (TPSA) is 30.5 Å². The molecule has 0 spiro atoms. The summed E-state index contributed by atoms with van der Waals surface area (Å²) in [6, 6.07) is 6.18. The number of halogens is 1. The zero-order valence-electron chi connectivity index (χ0n) is 12.0. The Hall–Kier alpha value is -0.770. The van der Waals surface area contributed by atoms with Gasteiger partial charge in [0.2, 0.25) is 0 Å². The highest BCUT2D eigenvalue weighted by molar-refractivity contribution is 6.30. The van der Waals surface area contributed by atoms with Gasteiger partial charge < -0.3 is 14.8 Å². The van der Waals surface area contributed by atoms with Crippen molar-refractivity contribution in [1.29, 1.82) is 0 Å². The number of ether oxygens (including phenoxy) is 2. The monoisotopic (exact) mass is 285 g/mol. The fourth-order valence-electron chi connectivity index (χ4n) is 1.63. The van der Waals surface area contributed by atoms with Crippen molar-refractivity contribution in [2.75, 3.05) is 19.8 Å². The van der Waals surface area contributed by atoms with Crippen molar-refractivity contribution in [3.63, 3.8) is 0 Å². The molecule has 0 fully saturated rings. The van der Waals surface area contributed by atoms with Crippen LogP contribution in [0, 0.1) is 0 Å². The van der Waals surface area contributed by atoms with Gasteiger partial charge >= 0.3 is 0 Å². The molecule has 0 aliphatic rings. The Balaban J connectivity index is 2.50. The molecule has 0 unspecified atom stereocenters. The minimum absolute atomic E-state index is 0.435. The van der Waals surface area contributed by atoms with Gasteiger partial charge in [0.25, 0.3) is 0 Å². The van der Waals surface area contributed by atoms with Crippen LogP contribution in [0.5, 0.6) is 5.75 Å². The first-order valence-corrected chi connectivity index (χ1v) is 7.23. The summed E-state index contributed by atoms with van der Waals surface area (Å²) in [7, 11) is 0. The summed E-state index contributed by atoms with van der Waals surface area (Å²) in [6.07, 6.45) is 0.896. The smallest absolute Gasteiger partial charge is 0.123 e. The van der Waals surface area contributed by atoms with Crippen LogP contribution in [0.25, 0.3) is 0 Å². The van der Waals surface area contributed by atoms with Gasteiger partial charge in [0.05, 0.1) is 6.61 Å². The van der Waals surface area contributed by atoms with E-state index in [1.165, 1.54) is 0 Å². The number of hydrogen-bond acceptors (Lipinski definition) is 3. The second-order valence-corrected chi connectivity index (χ2v) is 5.12. The van der Waals surface area contributed by atoms with Crippen LogP contribution in [0.15, 0.2) is 18.2 Å². The highest BCUT2D eigenvalue weighted by Crippen LogP contribution is 2.23. The van der Waals surface area contributed by atoms with E-state index in [0.29, 0.717) is 12.6 Å². The van der Waals surface area contributed by atoms with Gasteiger partial charge in [0.15, 0.2) is 0 Å². The average molecular weight is 286 g/mol. The largest absolute Gasteiger partial charge is 0.493 e. The minimum Gasteiger partial charge on any atom is -0.493 e. The minimum atomic E-state index is 0.435. The van der Waals surface area contributed by atoms with Crippen molar-refractivity contribution in [2.45, 2.75) is 39.8 Å². The molecule has 0 aliphatic carbocycles. The first-order chi connectivity index (χ1) is 9.13. The normalized spacial score (nSPS) is 11.0. The van der Waals surface area contributed by atoms with Gasteiger partial charge in [-0.2, -0.15) is 0 Å². The number of hydrogen-bond donors (Lipinski definition) is 1. The van der Waals surface area contributed by atoms with Crippen molar-refractivity contribution in [2.24, 2.45) is 0 Å². The van der Waals surface area contributed by atoms with E-state index in [1.54, 1.807) is 0 Å². The van der Waals surface area contributed by atoms with Crippen molar-refractivity contribution >= 4 is 11.6 Å². The molecule has 0 aliphatic heterocycles. The Morgan fingerprint density at radius 2 is 2.05 bits per heavy atom. The van der Waals surface area contributed by atoms with Gasteiger partial charge in [-0.3, -0.25) is 0 Å². The molecule has 1 rings (SSSR count). The lowest BCUT2D eigenvalue weighted by Crippen LogP contribution is -2.22. The Morgan fingerprint density at radius 3 is 2.74 bits per heavy atom. The van der Waals surface area contributed by atoms with Gasteiger partial charge in [-0.25, -0.2) is 0 Å². The van der Waals surface area contributed by atoms with Crippen LogP contribution in [-0.2, 0) is 11.3 Å². The molecule has 1 N–H and O–H groups in total. The molecule has 108 valence electrons. The zero-order chi connectivity index (χ0) is 14.1. The predicted molar refractivity (Wildman–Crippen MR) is 80.0 cm³/mol. The Kier molecular flexibility index (Phi) is 7.87. The molecule has 0 radical (unpaired) electrons. The molecule has 4 heteroatoms. The first kappa shape index (κ1) is 16.3. The van der Waals surface area contributed by atoms with E-state index in [1.807, 2.05) is 25.1 Å². The second-order valence-electron chi connectivity index (χ2n) is 4.69. The number of nitrogens with one attached hydrogen (secondary N) is 1. The lowest BCUT2D eigenvalue weighted by Gasteiger charge is -2.14. The lowest BCUT2D eigenvalue weighted by atomic mass is 10.2. The number of benzene rings is 1. The predicted octanol–water partition coefficient (Wildman–Crippen LogP) is 3.64. The molecule has 0 saturated carbocycles. The fourth-order valence-corrected chi connectivity index (χ4v) is 1.82. The number of rotatable bonds is 9. The Labute approximate surface area is 121 Å². The van der Waals surface area contributed by atoms with E-state index in [4.69, 9.17) is 21.1 Å².